The lowest BCUT2D eigenvalue weighted by molar-refractivity contribution is 0.0368. The Hall–Kier alpha value is -1.40. The normalized spacial score (nSPS) is 23.1. The molecule has 1 aromatic rings. The summed E-state index contributed by atoms with van der Waals surface area (Å²) in [6.45, 7) is 3.65. The number of hydrogen-bond donors (Lipinski definition) is 1. The Morgan fingerprint density at radius 3 is 3.00 bits per heavy atom. The first-order valence-corrected chi connectivity index (χ1v) is 7.40. The predicted octanol–water partition coefficient (Wildman–Crippen LogP) is 0.207. The van der Waals surface area contributed by atoms with E-state index in [1.54, 1.807) is 16.9 Å². The van der Waals surface area contributed by atoms with E-state index in [9.17, 15) is 4.79 Å². The maximum absolute atomic E-state index is 12.1. The fraction of sp³-hybridized carbons (Fsp3) is 0.714. The van der Waals surface area contributed by atoms with Crippen molar-refractivity contribution in [2.45, 2.75) is 31.9 Å². The van der Waals surface area contributed by atoms with Crippen molar-refractivity contribution in [2.24, 2.45) is 11.7 Å². The second-order valence-corrected chi connectivity index (χ2v) is 5.69. The van der Waals surface area contributed by atoms with Gasteiger partial charge >= 0.3 is 0 Å². The molecule has 0 radical (unpaired) electrons. The van der Waals surface area contributed by atoms with Crippen LogP contribution in [0.2, 0.25) is 0 Å². The first-order valence-electron chi connectivity index (χ1n) is 7.40. The third-order valence-corrected chi connectivity index (χ3v) is 3.98. The zero-order valence-corrected chi connectivity index (χ0v) is 11.7. The maximum Gasteiger partial charge on any atom is 0.268 e. The lowest BCUT2D eigenvalue weighted by Gasteiger charge is -2.34. The van der Waals surface area contributed by atoms with Crippen LogP contribution in [-0.4, -0.2) is 42.1 Å². The molecule has 1 saturated heterocycles. The number of hydrogen-bond acceptors (Lipinski definition) is 5. The molecular weight excluding hydrogens is 256 g/mol. The van der Waals surface area contributed by atoms with E-state index in [4.69, 9.17) is 10.5 Å². The van der Waals surface area contributed by atoms with Crippen LogP contribution in [0.4, 0.5) is 5.69 Å². The van der Waals surface area contributed by atoms with Crippen LogP contribution in [0.15, 0.2) is 17.1 Å². The van der Waals surface area contributed by atoms with Crippen LogP contribution >= 0.6 is 0 Å². The Kier molecular flexibility index (Phi) is 4.03. The molecule has 1 aliphatic heterocycles. The number of anilines is 1. The Morgan fingerprint density at radius 2 is 2.30 bits per heavy atom. The number of nitrogens with two attached hydrogens (primary N) is 1. The molecule has 1 saturated carbocycles. The van der Waals surface area contributed by atoms with Crippen molar-refractivity contribution in [3.05, 3.63) is 22.6 Å². The van der Waals surface area contributed by atoms with E-state index >= 15 is 0 Å². The van der Waals surface area contributed by atoms with E-state index in [1.807, 2.05) is 0 Å². The van der Waals surface area contributed by atoms with E-state index < -0.39 is 0 Å². The van der Waals surface area contributed by atoms with Gasteiger partial charge in [-0.2, -0.15) is 5.10 Å². The molecular formula is C14H22N4O2. The first-order chi connectivity index (χ1) is 9.76. The molecule has 1 unspecified atom stereocenters. The Morgan fingerprint density at radius 1 is 1.45 bits per heavy atom. The van der Waals surface area contributed by atoms with Crippen LogP contribution in [0.5, 0.6) is 0 Å². The van der Waals surface area contributed by atoms with E-state index in [-0.39, 0.29) is 11.7 Å². The van der Waals surface area contributed by atoms with Gasteiger partial charge in [0, 0.05) is 25.7 Å². The zero-order chi connectivity index (χ0) is 13.9. The van der Waals surface area contributed by atoms with Gasteiger partial charge in [0.05, 0.1) is 24.6 Å². The number of ether oxygens (including phenoxy) is 1. The molecule has 0 bridgehead atoms. The summed E-state index contributed by atoms with van der Waals surface area (Å²) >= 11 is 0. The van der Waals surface area contributed by atoms with Crippen LogP contribution < -0.4 is 16.2 Å². The van der Waals surface area contributed by atoms with Gasteiger partial charge in [-0.25, -0.2) is 4.68 Å². The van der Waals surface area contributed by atoms with Crippen LogP contribution in [0, 0.1) is 5.92 Å². The number of morpholine rings is 1. The van der Waals surface area contributed by atoms with Gasteiger partial charge in [-0.3, -0.25) is 4.79 Å². The minimum absolute atomic E-state index is 0.00346. The van der Waals surface area contributed by atoms with Crippen molar-refractivity contribution in [3.63, 3.8) is 0 Å². The molecule has 2 fully saturated rings. The SMILES string of the molecule is NCCC1CN(c2cnn(CC3CC3)c(=O)c2)CCO1. The van der Waals surface area contributed by atoms with Crippen LogP contribution in [0.25, 0.3) is 0 Å². The summed E-state index contributed by atoms with van der Waals surface area (Å²) in [5.74, 6) is 0.656. The summed E-state index contributed by atoms with van der Waals surface area (Å²) in [5, 5.41) is 4.30. The van der Waals surface area contributed by atoms with Crippen molar-refractivity contribution >= 4 is 5.69 Å². The Bertz CT molecular complexity index is 510. The van der Waals surface area contributed by atoms with Crippen LogP contribution in [-0.2, 0) is 11.3 Å². The van der Waals surface area contributed by atoms with Gasteiger partial charge in [-0.15, -0.1) is 0 Å². The second kappa shape index (κ2) is 5.93. The molecule has 2 aliphatic rings. The van der Waals surface area contributed by atoms with Gasteiger partial charge in [-0.05, 0) is 31.7 Å². The summed E-state index contributed by atoms with van der Waals surface area (Å²) in [6, 6.07) is 1.69. The molecule has 110 valence electrons. The average molecular weight is 278 g/mol. The summed E-state index contributed by atoms with van der Waals surface area (Å²) in [4.78, 5) is 14.2. The standard InChI is InChI=1S/C14H22N4O2/c15-4-3-13-10-17(5-6-20-13)12-7-14(19)18(16-8-12)9-11-1-2-11/h7-8,11,13H,1-6,9-10,15H2. The molecule has 0 aromatic carbocycles. The summed E-state index contributed by atoms with van der Waals surface area (Å²) < 4.78 is 7.24. The molecule has 1 atom stereocenters. The molecule has 2 heterocycles. The van der Waals surface area contributed by atoms with Crippen molar-refractivity contribution in [2.75, 3.05) is 31.1 Å². The summed E-state index contributed by atoms with van der Waals surface area (Å²) in [5.41, 5.74) is 6.47. The molecule has 6 nitrogen and oxygen atoms in total. The highest BCUT2D eigenvalue weighted by Gasteiger charge is 2.24. The average Bonchev–Trinajstić information content (AvgIpc) is 3.26. The number of nitrogens with zero attached hydrogens (tertiary/aromatic N) is 3. The lowest BCUT2D eigenvalue weighted by Crippen LogP contribution is -2.43. The smallest absolute Gasteiger partial charge is 0.268 e. The molecule has 1 aromatic heterocycles. The monoisotopic (exact) mass is 278 g/mol. The second-order valence-electron chi connectivity index (χ2n) is 5.69. The van der Waals surface area contributed by atoms with E-state index in [2.05, 4.69) is 10.00 Å². The van der Waals surface area contributed by atoms with Crippen molar-refractivity contribution < 1.29 is 4.74 Å². The Labute approximate surface area is 118 Å². The summed E-state index contributed by atoms with van der Waals surface area (Å²) in [7, 11) is 0. The zero-order valence-electron chi connectivity index (χ0n) is 11.7. The lowest BCUT2D eigenvalue weighted by atomic mass is 10.2. The molecule has 6 heteroatoms. The largest absolute Gasteiger partial charge is 0.374 e. The van der Waals surface area contributed by atoms with Gasteiger partial charge in [0.1, 0.15) is 0 Å². The molecule has 20 heavy (non-hydrogen) atoms. The van der Waals surface area contributed by atoms with Crippen molar-refractivity contribution in [1.29, 1.82) is 0 Å². The van der Waals surface area contributed by atoms with E-state index in [0.717, 1.165) is 31.7 Å². The molecule has 1 aliphatic carbocycles. The summed E-state index contributed by atoms with van der Waals surface area (Å²) in [6.07, 6.45) is 5.25. The van der Waals surface area contributed by atoms with Crippen molar-refractivity contribution in [1.82, 2.24) is 9.78 Å². The van der Waals surface area contributed by atoms with Gasteiger partial charge in [0.25, 0.3) is 5.56 Å². The highest BCUT2D eigenvalue weighted by Crippen LogP contribution is 2.29. The third-order valence-electron chi connectivity index (χ3n) is 3.98. The predicted molar refractivity (Wildman–Crippen MR) is 76.8 cm³/mol. The topological polar surface area (TPSA) is 73.4 Å². The fourth-order valence-corrected chi connectivity index (χ4v) is 2.59. The Balaban J connectivity index is 1.69. The van der Waals surface area contributed by atoms with E-state index in [1.165, 1.54) is 12.8 Å². The highest BCUT2D eigenvalue weighted by molar-refractivity contribution is 5.43. The van der Waals surface area contributed by atoms with Gasteiger partial charge in [-0.1, -0.05) is 0 Å². The minimum Gasteiger partial charge on any atom is -0.374 e. The van der Waals surface area contributed by atoms with Gasteiger partial charge in [0.15, 0.2) is 0 Å². The van der Waals surface area contributed by atoms with Gasteiger partial charge in [0.2, 0.25) is 0 Å². The van der Waals surface area contributed by atoms with Crippen molar-refractivity contribution in [3.8, 4) is 0 Å². The molecule has 0 amide bonds. The molecule has 0 spiro atoms. The van der Waals surface area contributed by atoms with Crippen LogP contribution in [0.1, 0.15) is 19.3 Å². The quantitative estimate of drug-likeness (QED) is 0.833. The first kappa shape index (κ1) is 13.6. The molecule has 3 rings (SSSR count). The fourth-order valence-electron chi connectivity index (χ4n) is 2.59. The third kappa shape index (κ3) is 3.19. The maximum atomic E-state index is 12.1. The highest BCUT2D eigenvalue weighted by atomic mass is 16.5. The van der Waals surface area contributed by atoms with E-state index in [0.29, 0.717) is 19.1 Å². The number of aromatic nitrogens is 2. The number of rotatable bonds is 5. The van der Waals surface area contributed by atoms with Gasteiger partial charge < -0.3 is 15.4 Å². The molecule has 2 N–H and O–H groups in total. The minimum atomic E-state index is -0.00346. The van der Waals surface area contributed by atoms with Crippen LogP contribution in [0.3, 0.4) is 0 Å².